The van der Waals surface area contributed by atoms with E-state index in [1.165, 1.54) is 11.3 Å². The van der Waals surface area contributed by atoms with Crippen LogP contribution in [0.25, 0.3) is 0 Å². The summed E-state index contributed by atoms with van der Waals surface area (Å²) in [5.74, 6) is 0.430. The minimum atomic E-state index is -0.361. The number of anilines is 1. The van der Waals surface area contributed by atoms with Gasteiger partial charge in [-0.05, 0) is 48.7 Å². The number of carbonyl (C=O) groups excluding carboxylic acids is 2. The number of nitrogens with one attached hydrogen (secondary N) is 2. The van der Waals surface area contributed by atoms with Gasteiger partial charge in [0.1, 0.15) is 23.0 Å². The molecule has 4 aromatic rings. The third-order valence-corrected chi connectivity index (χ3v) is 8.32. The predicted octanol–water partition coefficient (Wildman–Crippen LogP) is 3.63. The van der Waals surface area contributed by atoms with Gasteiger partial charge in [0.2, 0.25) is 0 Å². The Bertz CT molecular complexity index is 1590. The molecular weight excluding hydrogens is 578 g/mol. The Morgan fingerprint density at radius 1 is 1.07 bits per heavy atom. The molecule has 0 spiro atoms. The van der Waals surface area contributed by atoms with Gasteiger partial charge in [0.15, 0.2) is 5.13 Å². The Morgan fingerprint density at radius 2 is 1.82 bits per heavy atom. The molecule has 0 aliphatic carbocycles. The van der Waals surface area contributed by atoms with Crippen molar-refractivity contribution in [2.45, 2.75) is 12.8 Å². The maximum absolute atomic E-state index is 13.3. The third-order valence-electron chi connectivity index (χ3n) is 7.29. The molecule has 0 unspecified atom stereocenters. The van der Waals surface area contributed by atoms with E-state index < -0.39 is 0 Å². The highest BCUT2D eigenvalue weighted by atomic mass is 32.1. The molecule has 0 saturated carbocycles. The quantitative estimate of drug-likeness (QED) is 0.164. The highest BCUT2D eigenvalue weighted by Gasteiger charge is 2.21. The van der Waals surface area contributed by atoms with Crippen LogP contribution in [-0.2, 0) is 24.6 Å². The van der Waals surface area contributed by atoms with Crippen LogP contribution < -0.4 is 21.1 Å². The van der Waals surface area contributed by atoms with E-state index >= 15 is 0 Å². The number of aromatic nitrogens is 2. The van der Waals surface area contributed by atoms with Crippen molar-refractivity contribution in [1.82, 2.24) is 19.8 Å². The number of aryl methyl sites for hydroxylation is 3. The summed E-state index contributed by atoms with van der Waals surface area (Å²) in [7, 11) is 3.36. The topological polar surface area (TPSA) is 136 Å². The molecular formula is C32H37N7O4S. The summed E-state index contributed by atoms with van der Waals surface area (Å²) in [6, 6.07) is 19.0. The molecule has 44 heavy (non-hydrogen) atoms. The SMILES string of the molecule is COc1ccc(C(N)=Nc2cc(C(=O)Nc3nc(C(=O)NCCN4CCOCC4)c(CCc4ccccc4)s3)n(C)c2)cc1. The van der Waals surface area contributed by atoms with Crippen molar-refractivity contribution in [2.75, 3.05) is 51.8 Å². The number of ether oxygens (including phenoxy) is 2. The lowest BCUT2D eigenvalue weighted by molar-refractivity contribution is 0.0383. The number of hydrogen-bond donors (Lipinski definition) is 3. The summed E-state index contributed by atoms with van der Waals surface area (Å²) in [4.78, 5) is 38.7. The normalized spacial score (nSPS) is 13.9. The minimum Gasteiger partial charge on any atom is -0.497 e. The number of benzene rings is 2. The van der Waals surface area contributed by atoms with Gasteiger partial charge in [-0.1, -0.05) is 30.3 Å². The molecule has 0 radical (unpaired) electrons. The number of morpholine rings is 1. The van der Waals surface area contributed by atoms with E-state index in [2.05, 4.69) is 37.6 Å². The second-order valence-electron chi connectivity index (χ2n) is 10.4. The molecule has 11 nitrogen and oxygen atoms in total. The molecule has 1 saturated heterocycles. The number of amidine groups is 1. The fraction of sp³-hybridized carbons (Fsp3) is 0.312. The first-order chi connectivity index (χ1) is 21.4. The third kappa shape index (κ3) is 8.10. The van der Waals surface area contributed by atoms with Gasteiger partial charge in [0.05, 0.1) is 26.0 Å². The number of thiazole rings is 1. The Kier molecular flexibility index (Phi) is 10.4. The van der Waals surface area contributed by atoms with E-state index in [0.717, 1.165) is 47.8 Å². The molecule has 2 amide bonds. The van der Waals surface area contributed by atoms with Crippen LogP contribution in [0.1, 0.15) is 37.0 Å². The lowest BCUT2D eigenvalue weighted by atomic mass is 10.1. The van der Waals surface area contributed by atoms with E-state index in [9.17, 15) is 9.59 Å². The molecule has 1 aliphatic heterocycles. The molecule has 0 bridgehead atoms. The zero-order chi connectivity index (χ0) is 30.9. The Hall–Kier alpha value is -4.52. The molecule has 12 heteroatoms. The zero-order valence-electron chi connectivity index (χ0n) is 24.9. The van der Waals surface area contributed by atoms with Crippen LogP contribution in [-0.4, -0.2) is 78.6 Å². The second-order valence-corrected chi connectivity index (χ2v) is 11.4. The van der Waals surface area contributed by atoms with Crippen molar-refractivity contribution >= 4 is 39.8 Å². The Labute approximate surface area is 260 Å². The first-order valence-corrected chi connectivity index (χ1v) is 15.3. The minimum absolute atomic E-state index is 0.248. The fourth-order valence-corrected chi connectivity index (χ4v) is 5.80. The number of amides is 2. The average molecular weight is 616 g/mol. The highest BCUT2D eigenvalue weighted by molar-refractivity contribution is 7.16. The Morgan fingerprint density at radius 3 is 2.55 bits per heavy atom. The first-order valence-electron chi connectivity index (χ1n) is 14.5. The van der Waals surface area contributed by atoms with E-state index in [0.29, 0.717) is 54.2 Å². The van der Waals surface area contributed by atoms with Crippen molar-refractivity contribution in [3.63, 3.8) is 0 Å². The standard InChI is InChI=1S/C32H37N7O4S/c1-38-21-24(35-29(33)23-9-11-25(42-2)12-10-23)20-26(38)30(40)37-32-36-28(27(44-32)13-8-22-6-4-3-5-7-22)31(41)34-14-15-39-16-18-43-19-17-39/h3-7,9-12,20-21H,8,13-19H2,1-2H3,(H2,33,35)(H,34,41)(H,36,37,40). The van der Waals surface area contributed by atoms with Gasteiger partial charge in [0, 0.05) is 49.9 Å². The van der Waals surface area contributed by atoms with Crippen LogP contribution in [0.5, 0.6) is 5.75 Å². The van der Waals surface area contributed by atoms with Gasteiger partial charge >= 0.3 is 0 Å². The smallest absolute Gasteiger partial charge is 0.274 e. The van der Waals surface area contributed by atoms with Crippen LogP contribution in [0.2, 0.25) is 0 Å². The Balaban J connectivity index is 1.28. The van der Waals surface area contributed by atoms with Crippen LogP contribution >= 0.6 is 11.3 Å². The largest absolute Gasteiger partial charge is 0.497 e. The summed E-state index contributed by atoms with van der Waals surface area (Å²) in [6.07, 6.45) is 3.10. The van der Waals surface area contributed by atoms with Crippen molar-refractivity contribution < 1.29 is 19.1 Å². The first kappa shape index (κ1) is 30.9. The number of hydrogen-bond acceptors (Lipinski definition) is 8. The molecule has 4 N–H and O–H groups in total. The van der Waals surface area contributed by atoms with Gasteiger partial charge in [0.25, 0.3) is 11.8 Å². The number of nitrogens with zero attached hydrogens (tertiary/aromatic N) is 4. The van der Waals surface area contributed by atoms with E-state index in [4.69, 9.17) is 15.2 Å². The molecule has 5 rings (SSSR count). The number of carbonyl (C=O) groups is 2. The van der Waals surface area contributed by atoms with Crippen LogP contribution in [0.4, 0.5) is 10.8 Å². The molecule has 2 aromatic carbocycles. The van der Waals surface area contributed by atoms with Crippen molar-refractivity contribution in [1.29, 1.82) is 0 Å². The van der Waals surface area contributed by atoms with Crippen molar-refractivity contribution in [3.8, 4) is 5.75 Å². The maximum atomic E-state index is 13.3. The van der Waals surface area contributed by atoms with E-state index in [1.807, 2.05) is 42.5 Å². The summed E-state index contributed by atoms with van der Waals surface area (Å²) in [6.45, 7) is 4.36. The number of nitrogens with two attached hydrogens (primary N) is 1. The van der Waals surface area contributed by atoms with Crippen LogP contribution in [0, 0.1) is 0 Å². The lowest BCUT2D eigenvalue weighted by Crippen LogP contribution is -2.41. The van der Waals surface area contributed by atoms with E-state index in [-0.39, 0.29) is 11.8 Å². The fourth-order valence-electron chi connectivity index (χ4n) is 4.85. The summed E-state index contributed by atoms with van der Waals surface area (Å²) < 4.78 is 12.3. The molecule has 1 fully saturated rings. The summed E-state index contributed by atoms with van der Waals surface area (Å²) in [5, 5.41) is 6.25. The van der Waals surface area contributed by atoms with E-state index in [1.54, 1.807) is 31.0 Å². The van der Waals surface area contributed by atoms with Crippen LogP contribution in [0.3, 0.4) is 0 Å². The van der Waals surface area contributed by atoms with Gasteiger partial charge in [-0.3, -0.25) is 19.8 Å². The monoisotopic (exact) mass is 615 g/mol. The van der Waals surface area contributed by atoms with Gasteiger partial charge in [-0.2, -0.15) is 0 Å². The van der Waals surface area contributed by atoms with Crippen molar-refractivity contribution in [3.05, 3.63) is 94.3 Å². The van der Waals surface area contributed by atoms with Crippen LogP contribution in [0.15, 0.2) is 71.9 Å². The number of methoxy groups -OCH3 is 1. The predicted molar refractivity (Wildman–Crippen MR) is 172 cm³/mol. The second kappa shape index (κ2) is 14.8. The number of aliphatic imine (C=N–C) groups is 1. The zero-order valence-corrected chi connectivity index (χ0v) is 25.7. The average Bonchev–Trinajstić information content (AvgIpc) is 3.63. The van der Waals surface area contributed by atoms with Gasteiger partial charge < -0.3 is 25.1 Å². The van der Waals surface area contributed by atoms with Crippen molar-refractivity contribution in [2.24, 2.45) is 17.8 Å². The number of rotatable bonds is 12. The molecule has 2 aromatic heterocycles. The molecule has 1 aliphatic rings. The highest BCUT2D eigenvalue weighted by Crippen LogP contribution is 2.26. The summed E-state index contributed by atoms with van der Waals surface area (Å²) in [5.41, 5.74) is 9.37. The molecule has 3 heterocycles. The van der Waals surface area contributed by atoms with Gasteiger partial charge in [-0.25, -0.2) is 9.98 Å². The lowest BCUT2D eigenvalue weighted by Gasteiger charge is -2.26. The summed E-state index contributed by atoms with van der Waals surface area (Å²) >= 11 is 1.32. The maximum Gasteiger partial charge on any atom is 0.274 e. The molecule has 230 valence electrons. The molecule has 0 atom stereocenters. The van der Waals surface area contributed by atoms with Gasteiger partial charge in [-0.15, -0.1) is 11.3 Å².